The highest BCUT2D eigenvalue weighted by molar-refractivity contribution is 6.36. The molecule has 2 N–H and O–H groups in total. The molecule has 6 nitrogen and oxygen atoms in total. The second-order valence-electron chi connectivity index (χ2n) is 4.77. The van der Waals surface area contributed by atoms with E-state index in [0.29, 0.717) is 22.2 Å². The van der Waals surface area contributed by atoms with Crippen LogP contribution in [-0.2, 0) is 6.54 Å². The summed E-state index contributed by atoms with van der Waals surface area (Å²) in [7, 11) is 0. The number of anilines is 1. The van der Waals surface area contributed by atoms with Gasteiger partial charge < -0.3 is 5.32 Å². The van der Waals surface area contributed by atoms with Crippen molar-refractivity contribution in [1.29, 1.82) is 0 Å². The van der Waals surface area contributed by atoms with Gasteiger partial charge in [0.05, 0.1) is 17.8 Å². The van der Waals surface area contributed by atoms with Crippen LogP contribution in [0, 0.1) is 0 Å². The number of halogens is 4. The van der Waals surface area contributed by atoms with E-state index in [1.54, 1.807) is 24.4 Å². The average molecular weight is 405 g/mol. The van der Waals surface area contributed by atoms with Crippen LogP contribution in [0.2, 0.25) is 20.1 Å². The summed E-state index contributed by atoms with van der Waals surface area (Å²) in [6.45, 7) is 0.304. The summed E-state index contributed by atoms with van der Waals surface area (Å²) in [5, 5.41) is 14.5. The number of carbonyl (C=O) groups is 1. The normalized spacial score (nSPS) is 10.8. The van der Waals surface area contributed by atoms with Gasteiger partial charge in [0.2, 0.25) is 0 Å². The van der Waals surface area contributed by atoms with E-state index in [0.717, 1.165) is 0 Å². The standard InChI is InChI=1S/C14H9Cl4N5O/c15-8-2-1-3-9(16)7(8)5-23-6-11(18)13(22-23)20-14(24)12-10(17)4-19-21-12/h1-4,6H,5H2,(H,19,21)(H,20,22,24). The molecule has 0 atom stereocenters. The van der Waals surface area contributed by atoms with Crippen LogP contribution in [0.5, 0.6) is 0 Å². The third-order valence-electron chi connectivity index (χ3n) is 3.15. The number of aromatic amines is 1. The molecule has 1 amide bonds. The molecular weight excluding hydrogens is 396 g/mol. The van der Waals surface area contributed by atoms with Gasteiger partial charge in [-0.15, -0.1) is 0 Å². The summed E-state index contributed by atoms with van der Waals surface area (Å²) in [6.07, 6.45) is 2.89. The summed E-state index contributed by atoms with van der Waals surface area (Å²) in [4.78, 5) is 12.1. The molecule has 2 aromatic heterocycles. The molecule has 3 rings (SSSR count). The lowest BCUT2D eigenvalue weighted by atomic mass is 10.2. The molecule has 0 saturated carbocycles. The Morgan fingerprint density at radius 1 is 1.12 bits per heavy atom. The molecule has 1 aromatic carbocycles. The van der Waals surface area contributed by atoms with Crippen molar-refractivity contribution in [3.05, 3.63) is 61.9 Å². The SMILES string of the molecule is O=C(Nc1nn(Cc2c(Cl)cccc2Cl)cc1Cl)c1[nH]ncc1Cl. The minimum absolute atomic E-state index is 0.122. The van der Waals surface area contributed by atoms with Crippen molar-refractivity contribution < 1.29 is 4.79 Å². The van der Waals surface area contributed by atoms with Gasteiger partial charge in [-0.1, -0.05) is 52.5 Å². The number of aromatic nitrogens is 4. The molecule has 0 unspecified atom stereocenters. The van der Waals surface area contributed by atoms with Crippen LogP contribution in [0.25, 0.3) is 0 Å². The highest BCUT2D eigenvalue weighted by Crippen LogP contribution is 2.27. The van der Waals surface area contributed by atoms with Crippen LogP contribution in [-0.4, -0.2) is 25.9 Å². The number of rotatable bonds is 4. The van der Waals surface area contributed by atoms with Gasteiger partial charge in [0, 0.05) is 21.8 Å². The highest BCUT2D eigenvalue weighted by Gasteiger charge is 2.17. The van der Waals surface area contributed by atoms with E-state index in [-0.39, 0.29) is 21.6 Å². The Balaban J connectivity index is 1.81. The lowest BCUT2D eigenvalue weighted by Crippen LogP contribution is -2.14. The lowest BCUT2D eigenvalue weighted by Gasteiger charge is -2.06. The average Bonchev–Trinajstić information content (AvgIpc) is 3.09. The van der Waals surface area contributed by atoms with Crippen LogP contribution < -0.4 is 5.32 Å². The first kappa shape index (κ1) is 17.1. The number of benzene rings is 1. The molecule has 10 heteroatoms. The van der Waals surface area contributed by atoms with Crippen molar-refractivity contribution in [2.24, 2.45) is 0 Å². The molecule has 3 aromatic rings. The van der Waals surface area contributed by atoms with Gasteiger partial charge in [0.15, 0.2) is 5.82 Å². The monoisotopic (exact) mass is 403 g/mol. The molecule has 0 saturated heterocycles. The van der Waals surface area contributed by atoms with E-state index in [9.17, 15) is 4.79 Å². The van der Waals surface area contributed by atoms with Crippen LogP contribution >= 0.6 is 46.4 Å². The van der Waals surface area contributed by atoms with Crippen LogP contribution in [0.1, 0.15) is 16.1 Å². The Hall–Kier alpha value is -1.73. The van der Waals surface area contributed by atoms with Crippen molar-refractivity contribution in [1.82, 2.24) is 20.0 Å². The van der Waals surface area contributed by atoms with Gasteiger partial charge in [-0.25, -0.2) is 0 Å². The number of carbonyl (C=O) groups excluding carboxylic acids is 1. The number of nitrogens with one attached hydrogen (secondary N) is 2. The maximum Gasteiger partial charge on any atom is 0.276 e. The fourth-order valence-corrected chi connectivity index (χ4v) is 2.90. The number of H-pyrrole nitrogens is 1. The smallest absolute Gasteiger partial charge is 0.276 e. The third kappa shape index (κ3) is 3.52. The quantitative estimate of drug-likeness (QED) is 0.671. The maximum absolute atomic E-state index is 12.1. The zero-order chi connectivity index (χ0) is 17.3. The van der Waals surface area contributed by atoms with Gasteiger partial charge in [0.25, 0.3) is 5.91 Å². The number of hydrogen-bond donors (Lipinski definition) is 2. The zero-order valence-corrected chi connectivity index (χ0v) is 14.9. The maximum atomic E-state index is 12.1. The van der Waals surface area contributed by atoms with Gasteiger partial charge >= 0.3 is 0 Å². The van der Waals surface area contributed by atoms with Crippen molar-refractivity contribution in [3.8, 4) is 0 Å². The predicted octanol–water partition coefficient (Wildman–Crippen LogP) is 4.52. The highest BCUT2D eigenvalue weighted by atomic mass is 35.5. The van der Waals surface area contributed by atoms with E-state index in [2.05, 4.69) is 20.6 Å². The predicted molar refractivity (Wildman–Crippen MR) is 94.4 cm³/mol. The van der Waals surface area contributed by atoms with E-state index >= 15 is 0 Å². The van der Waals surface area contributed by atoms with E-state index in [1.807, 2.05) is 0 Å². The summed E-state index contributed by atoms with van der Waals surface area (Å²) >= 11 is 24.2. The fraction of sp³-hybridized carbons (Fsp3) is 0.0714. The van der Waals surface area contributed by atoms with E-state index in [4.69, 9.17) is 46.4 Å². The van der Waals surface area contributed by atoms with Gasteiger partial charge in [0.1, 0.15) is 10.7 Å². The molecule has 24 heavy (non-hydrogen) atoms. The Labute approximate surface area is 156 Å². The number of nitrogens with zero attached hydrogens (tertiary/aromatic N) is 3. The zero-order valence-electron chi connectivity index (χ0n) is 11.9. The number of amides is 1. The van der Waals surface area contributed by atoms with Gasteiger partial charge in [-0.3, -0.25) is 14.6 Å². The molecule has 0 bridgehead atoms. The van der Waals surface area contributed by atoms with Crippen LogP contribution in [0.15, 0.2) is 30.6 Å². The largest absolute Gasteiger partial charge is 0.302 e. The van der Waals surface area contributed by atoms with Gasteiger partial charge in [-0.2, -0.15) is 10.2 Å². The first-order valence-electron chi connectivity index (χ1n) is 6.61. The Bertz CT molecular complexity index is 884. The van der Waals surface area contributed by atoms with Crippen LogP contribution in [0.4, 0.5) is 5.82 Å². The molecular formula is C14H9Cl4N5O. The minimum Gasteiger partial charge on any atom is -0.302 e. The first-order chi connectivity index (χ1) is 11.5. The van der Waals surface area contributed by atoms with Crippen molar-refractivity contribution >= 4 is 58.1 Å². The molecule has 0 aliphatic rings. The fourth-order valence-electron chi connectivity index (χ4n) is 2.01. The molecule has 124 valence electrons. The second-order valence-corrected chi connectivity index (χ2v) is 6.40. The van der Waals surface area contributed by atoms with Crippen molar-refractivity contribution in [2.75, 3.05) is 5.32 Å². The molecule has 0 aliphatic carbocycles. The molecule has 0 spiro atoms. The molecule has 0 fully saturated rings. The molecule has 0 aliphatic heterocycles. The Morgan fingerprint density at radius 2 is 1.83 bits per heavy atom. The summed E-state index contributed by atoms with van der Waals surface area (Å²) in [6, 6.07) is 5.22. The number of hydrogen-bond acceptors (Lipinski definition) is 3. The third-order valence-corrected chi connectivity index (χ3v) is 4.42. The lowest BCUT2D eigenvalue weighted by molar-refractivity contribution is 0.102. The van der Waals surface area contributed by atoms with Crippen molar-refractivity contribution in [2.45, 2.75) is 6.54 Å². The topological polar surface area (TPSA) is 75.6 Å². The Kier molecular flexibility index (Phi) is 5.01. The van der Waals surface area contributed by atoms with Crippen molar-refractivity contribution in [3.63, 3.8) is 0 Å². The second kappa shape index (κ2) is 7.03. The van der Waals surface area contributed by atoms with E-state index < -0.39 is 5.91 Å². The summed E-state index contributed by atoms with van der Waals surface area (Å²) in [5.41, 5.74) is 0.825. The summed E-state index contributed by atoms with van der Waals surface area (Å²) < 4.78 is 1.53. The molecule has 0 radical (unpaired) electrons. The molecule has 2 heterocycles. The summed E-state index contributed by atoms with van der Waals surface area (Å²) in [5.74, 6) is -0.309. The van der Waals surface area contributed by atoms with E-state index in [1.165, 1.54) is 10.9 Å². The van der Waals surface area contributed by atoms with Gasteiger partial charge in [-0.05, 0) is 12.1 Å². The minimum atomic E-state index is -0.500. The van der Waals surface area contributed by atoms with Crippen LogP contribution in [0.3, 0.4) is 0 Å². The first-order valence-corrected chi connectivity index (χ1v) is 8.13. The Morgan fingerprint density at radius 3 is 2.46 bits per heavy atom.